The quantitative estimate of drug-likeness (QED) is 0.587. The van der Waals surface area contributed by atoms with Gasteiger partial charge in [-0.2, -0.15) is 0 Å². The van der Waals surface area contributed by atoms with E-state index in [2.05, 4.69) is 31.1 Å². The highest BCUT2D eigenvalue weighted by atomic mass is 15.2. The van der Waals surface area contributed by atoms with E-state index in [1.165, 1.54) is 0 Å². The molecule has 0 aliphatic rings. The van der Waals surface area contributed by atoms with Crippen molar-refractivity contribution in [3.05, 3.63) is 0 Å². The molecule has 0 aromatic heterocycles. The van der Waals surface area contributed by atoms with Gasteiger partial charge in [-0.3, -0.25) is 4.90 Å². The number of nitrogens with one attached hydrogen (secondary N) is 1. The average Bonchev–Trinajstić information content (AvgIpc) is 2.00. The van der Waals surface area contributed by atoms with Gasteiger partial charge < -0.3 is 11.1 Å². The molecule has 0 atom stereocenters. The fourth-order valence-corrected chi connectivity index (χ4v) is 0.738. The second-order valence-electron chi connectivity index (χ2n) is 3.54. The molecule has 0 aromatic carbocycles. The van der Waals surface area contributed by atoms with E-state index in [1.807, 2.05) is 7.05 Å². The summed E-state index contributed by atoms with van der Waals surface area (Å²) in [6.07, 6.45) is 0. The lowest BCUT2D eigenvalue weighted by atomic mass is 10.0. The molecule has 0 fully saturated rings. The monoisotopic (exact) mass is 159 g/mol. The molecule has 3 nitrogen and oxygen atoms in total. The Labute approximate surface area is 69.9 Å². The van der Waals surface area contributed by atoms with Crippen LogP contribution >= 0.6 is 0 Å². The molecule has 0 rings (SSSR count). The van der Waals surface area contributed by atoms with Crippen LogP contribution in [0.15, 0.2) is 0 Å². The van der Waals surface area contributed by atoms with E-state index in [4.69, 9.17) is 5.73 Å². The molecule has 0 saturated heterocycles. The molecule has 0 radical (unpaired) electrons. The molecule has 3 N–H and O–H groups in total. The van der Waals surface area contributed by atoms with E-state index in [1.54, 1.807) is 0 Å². The zero-order valence-corrected chi connectivity index (χ0v) is 8.15. The lowest BCUT2D eigenvalue weighted by molar-refractivity contribution is 0.166. The molecule has 0 spiro atoms. The Morgan fingerprint density at radius 1 is 1.45 bits per heavy atom. The van der Waals surface area contributed by atoms with Crippen molar-refractivity contribution in [2.75, 3.05) is 33.7 Å². The Morgan fingerprint density at radius 2 is 2.00 bits per heavy atom. The van der Waals surface area contributed by atoms with Crippen LogP contribution in [0.4, 0.5) is 0 Å². The molecule has 0 unspecified atom stereocenters. The third-order valence-electron chi connectivity index (χ3n) is 2.23. The standard InChI is InChI=1S/C8H21N3/c1-8(2,7-9)11(4)6-5-10-3/h10H,5-7,9H2,1-4H3. The first-order chi connectivity index (χ1) is 5.04. The number of likely N-dealkylation sites (N-methyl/N-ethyl adjacent to an activating group) is 2. The molecule has 11 heavy (non-hydrogen) atoms. The Kier molecular flexibility index (Phi) is 4.65. The van der Waals surface area contributed by atoms with E-state index >= 15 is 0 Å². The van der Waals surface area contributed by atoms with Crippen molar-refractivity contribution in [2.45, 2.75) is 19.4 Å². The van der Waals surface area contributed by atoms with E-state index < -0.39 is 0 Å². The zero-order chi connectivity index (χ0) is 8.91. The molecular formula is C8H21N3. The lowest BCUT2D eigenvalue weighted by Gasteiger charge is -2.34. The summed E-state index contributed by atoms with van der Waals surface area (Å²) in [6, 6.07) is 0. The van der Waals surface area contributed by atoms with Gasteiger partial charge in [-0.15, -0.1) is 0 Å². The van der Waals surface area contributed by atoms with E-state index in [0.29, 0.717) is 6.54 Å². The van der Waals surface area contributed by atoms with Crippen molar-refractivity contribution < 1.29 is 0 Å². The third-order valence-corrected chi connectivity index (χ3v) is 2.23. The lowest BCUT2D eigenvalue weighted by Crippen LogP contribution is -2.48. The summed E-state index contributed by atoms with van der Waals surface area (Å²) in [5, 5.41) is 3.11. The van der Waals surface area contributed by atoms with Gasteiger partial charge in [0.2, 0.25) is 0 Å². The van der Waals surface area contributed by atoms with Crippen LogP contribution in [0.5, 0.6) is 0 Å². The Hall–Kier alpha value is -0.120. The van der Waals surface area contributed by atoms with Crippen LogP contribution in [0.25, 0.3) is 0 Å². The smallest absolute Gasteiger partial charge is 0.0272 e. The molecule has 0 aliphatic heterocycles. The first kappa shape index (κ1) is 10.9. The molecule has 0 aromatic rings. The summed E-state index contributed by atoms with van der Waals surface area (Å²) in [5.74, 6) is 0. The average molecular weight is 159 g/mol. The van der Waals surface area contributed by atoms with Crippen LogP contribution in [0.1, 0.15) is 13.8 Å². The van der Waals surface area contributed by atoms with Crippen LogP contribution in [-0.4, -0.2) is 44.2 Å². The molecule has 0 amide bonds. The third kappa shape index (κ3) is 3.70. The second kappa shape index (κ2) is 4.70. The van der Waals surface area contributed by atoms with Gasteiger partial charge in [-0.05, 0) is 27.9 Å². The van der Waals surface area contributed by atoms with Gasteiger partial charge in [0.1, 0.15) is 0 Å². The Balaban J connectivity index is 3.71. The van der Waals surface area contributed by atoms with Crippen molar-refractivity contribution in [1.82, 2.24) is 10.2 Å². The molecule has 0 aliphatic carbocycles. The van der Waals surface area contributed by atoms with Gasteiger partial charge >= 0.3 is 0 Å². The summed E-state index contributed by atoms with van der Waals surface area (Å²) in [4.78, 5) is 2.27. The maximum absolute atomic E-state index is 5.62. The van der Waals surface area contributed by atoms with E-state index in [9.17, 15) is 0 Å². The zero-order valence-electron chi connectivity index (χ0n) is 8.15. The first-order valence-corrected chi connectivity index (χ1v) is 4.10. The number of hydrogen-bond acceptors (Lipinski definition) is 3. The van der Waals surface area contributed by atoms with Crippen LogP contribution in [0.3, 0.4) is 0 Å². The normalized spacial score (nSPS) is 12.5. The second-order valence-corrected chi connectivity index (χ2v) is 3.54. The number of nitrogens with two attached hydrogens (primary N) is 1. The summed E-state index contributed by atoms with van der Waals surface area (Å²) in [5.41, 5.74) is 5.74. The highest BCUT2D eigenvalue weighted by molar-refractivity contribution is 4.79. The summed E-state index contributed by atoms with van der Waals surface area (Å²) in [6.45, 7) is 7.07. The molecule has 68 valence electrons. The molecule has 0 heterocycles. The molecular weight excluding hydrogens is 138 g/mol. The van der Waals surface area contributed by atoms with Crippen LogP contribution in [0.2, 0.25) is 0 Å². The van der Waals surface area contributed by atoms with Crippen molar-refractivity contribution in [1.29, 1.82) is 0 Å². The van der Waals surface area contributed by atoms with E-state index in [-0.39, 0.29) is 5.54 Å². The molecule has 0 saturated carbocycles. The van der Waals surface area contributed by atoms with Gasteiger partial charge in [0.25, 0.3) is 0 Å². The van der Waals surface area contributed by atoms with Gasteiger partial charge in [-0.25, -0.2) is 0 Å². The van der Waals surface area contributed by atoms with Gasteiger partial charge in [0.15, 0.2) is 0 Å². The fourth-order valence-electron chi connectivity index (χ4n) is 0.738. The molecule has 3 heteroatoms. The number of nitrogens with zero attached hydrogens (tertiary/aromatic N) is 1. The fraction of sp³-hybridized carbons (Fsp3) is 1.00. The predicted molar refractivity (Wildman–Crippen MR) is 49.7 cm³/mol. The van der Waals surface area contributed by atoms with Gasteiger partial charge in [0.05, 0.1) is 0 Å². The number of hydrogen-bond donors (Lipinski definition) is 2. The van der Waals surface area contributed by atoms with Gasteiger partial charge in [-0.1, -0.05) is 0 Å². The Bertz CT molecular complexity index is 102. The van der Waals surface area contributed by atoms with Gasteiger partial charge in [0, 0.05) is 25.2 Å². The van der Waals surface area contributed by atoms with Crippen molar-refractivity contribution in [3.8, 4) is 0 Å². The maximum atomic E-state index is 5.62. The van der Waals surface area contributed by atoms with Crippen molar-refractivity contribution in [3.63, 3.8) is 0 Å². The first-order valence-electron chi connectivity index (χ1n) is 4.10. The largest absolute Gasteiger partial charge is 0.329 e. The minimum Gasteiger partial charge on any atom is -0.329 e. The van der Waals surface area contributed by atoms with E-state index in [0.717, 1.165) is 13.1 Å². The highest BCUT2D eigenvalue weighted by Crippen LogP contribution is 2.08. The number of rotatable bonds is 5. The minimum absolute atomic E-state index is 0.122. The van der Waals surface area contributed by atoms with Crippen LogP contribution < -0.4 is 11.1 Å². The van der Waals surface area contributed by atoms with Crippen molar-refractivity contribution >= 4 is 0 Å². The van der Waals surface area contributed by atoms with Crippen LogP contribution in [0, 0.1) is 0 Å². The SMILES string of the molecule is CNCCN(C)C(C)(C)CN. The van der Waals surface area contributed by atoms with Crippen LogP contribution in [-0.2, 0) is 0 Å². The summed E-state index contributed by atoms with van der Waals surface area (Å²) >= 11 is 0. The summed E-state index contributed by atoms with van der Waals surface area (Å²) < 4.78 is 0. The highest BCUT2D eigenvalue weighted by Gasteiger charge is 2.20. The summed E-state index contributed by atoms with van der Waals surface area (Å²) in [7, 11) is 4.06. The molecule has 0 bridgehead atoms. The topological polar surface area (TPSA) is 41.3 Å². The minimum atomic E-state index is 0.122. The predicted octanol–water partition coefficient (Wildman–Crippen LogP) is -0.125. The maximum Gasteiger partial charge on any atom is 0.0272 e. The van der Waals surface area contributed by atoms with Crippen molar-refractivity contribution in [2.24, 2.45) is 5.73 Å². The Morgan fingerprint density at radius 3 is 2.36 bits per heavy atom.